The summed E-state index contributed by atoms with van der Waals surface area (Å²) in [4.78, 5) is 11.9. The van der Waals surface area contributed by atoms with E-state index in [-0.39, 0.29) is 17.9 Å². The summed E-state index contributed by atoms with van der Waals surface area (Å²) < 4.78 is 13.5. The van der Waals surface area contributed by atoms with Crippen LogP contribution in [0.4, 0.5) is 4.39 Å². The van der Waals surface area contributed by atoms with Gasteiger partial charge in [0.05, 0.1) is 0 Å². The maximum atomic E-state index is 13.5. The lowest BCUT2D eigenvalue weighted by Gasteiger charge is -2.08. The van der Waals surface area contributed by atoms with Crippen molar-refractivity contribution in [3.05, 3.63) is 65.0 Å². The summed E-state index contributed by atoms with van der Waals surface area (Å²) in [5, 5.41) is 12.1. The molecule has 3 nitrogen and oxygen atoms in total. The highest BCUT2D eigenvalue weighted by molar-refractivity contribution is 5.97. The highest BCUT2D eigenvalue weighted by Gasteiger charge is 2.15. The molecule has 1 amide bonds. The van der Waals surface area contributed by atoms with Gasteiger partial charge in [-0.3, -0.25) is 4.79 Å². The van der Waals surface area contributed by atoms with E-state index in [4.69, 9.17) is 0 Å². The molecule has 0 heterocycles. The Kier molecular flexibility index (Phi) is 4.35. The second-order valence-corrected chi connectivity index (χ2v) is 4.49. The Morgan fingerprint density at radius 3 is 2.40 bits per heavy atom. The number of phenolic OH excluding ortho intramolecular Hbond substituents is 1. The maximum absolute atomic E-state index is 13.5. The van der Waals surface area contributed by atoms with E-state index < -0.39 is 11.7 Å². The lowest BCUT2D eigenvalue weighted by molar-refractivity contribution is 0.0944. The minimum Gasteiger partial charge on any atom is -0.507 e. The van der Waals surface area contributed by atoms with Crippen LogP contribution in [-0.4, -0.2) is 11.0 Å². The number of benzene rings is 2. The van der Waals surface area contributed by atoms with Gasteiger partial charge in [0, 0.05) is 6.54 Å². The Hall–Kier alpha value is -2.36. The van der Waals surface area contributed by atoms with Crippen LogP contribution in [0.15, 0.2) is 42.5 Å². The molecular formula is C16H16FNO2. The summed E-state index contributed by atoms with van der Waals surface area (Å²) in [7, 11) is 0. The molecule has 0 atom stereocenters. The van der Waals surface area contributed by atoms with Gasteiger partial charge in [-0.25, -0.2) is 4.39 Å². The third-order valence-corrected chi connectivity index (χ3v) is 3.10. The third kappa shape index (κ3) is 3.15. The Morgan fingerprint density at radius 2 is 1.80 bits per heavy atom. The summed E-state index contributed by atoms with van der Waals surface area (Å²) in [6, 6.07) is 11.6. The smallest absolute Gasteiger partial charge is 0.258 e. The molecular weight excluding hydrogens is 257 g/mol. The second-order valence-electron chi connectivity index (χ2n) is 4.49. The zero-order chi connectivity index (χ0) is 14.5. The van der Waals surface area contributed by atoms with Crippen molar-refractivity contribution in [2.75, 3.05) is 0 Å². The monoisotopic (exact) mass is 273 g/mol. The summed E-state index contributed by atoms with van der Waals surface area (Å²) in [6.07, 6.45) is 0.954. The Balaban J connectivity index is 2.05. The Bertz CT molecular complexity index is 588. The van der Waals surface area contributed by atoms with Crippen molar-refractivity contribution in [2.24, 2.45) is 0 Å². The first-order valence-corrected chi connectivity index (χ1v) is 6.45. The third-order valence-electron chi connectivity index (χ3n) is 3.10. The van der Waals surface area contributed by atoms with Crippen LogP contribution in [0.2, 0.25) is 0 Å². The maximum Gasteiger partial charge on any atom is 0.258 e. The van der Waals surface area contributed by atoms with Crippen molar-refractivity contribution in [1.82, 2.24) is 5.32 Å². The van der Waals surface area contributed by atoms with Crippen LogP contribution in [0.1, 0.15) is 28.4 Å². The van der Waals surface area contributed by atoms with E-state index in [0.717, 1.165) is 18.1 Å². The van der Waals surface area contributed by atoms with Crippen LogP contribution in [0.5, 0.6) is 5.75 Å². The summed E-state index contributed by atoms with van der Waals surface area (Å²) >= 11 is 0. The number of hydrogen-bond donors (Lipinski definition) is 2. The van der Waals surface area contributed by atoms with E-state index in [1.54, 1.807) is 0 Å². The van der Waals surface area contributed by atoms with Crippen molar-refractivity contribution in [1.29, 1.82) is 0 Å². The highest BCUT2D eigenvalue weighted by Crippen LogP contribution is 2.19. The van der Waals surface area contributed by atoms with E-state index in [2.05, 4.69) is 12.2 Å². The van der Waals surface area contributed by atoms with E-state index in [1.165, 1.54) is 17.7 Å². The summed E-state index contributed by atoms with van der Waals surface area (Å²) in [5.74, 6) is -1.71. The molecule has 0 spiro atoms. The molecule has 104 valence electrons. The summed E-state index contributed by atoms with van der Waals surface area (Å²) in [5.41, 5.74) is 1.82. The molecule has 2 aromatic rings. The van der Waals surface area contributed by atoms with Gasteiger partial charge in [-0.2, -0.15) is 0 Å². The second kappa shape index (κ2) is 6.19. The van der Waals surface area contributed by atoms with Gasteiger partial charge in [0.1, 0.15) is 17.1 Å². The van der Waals surface area contributed by atoms with Crippen molar-refractivity contribution in [2.45, 2.75) is 19.9 Å². The largest absolute Gasteiger partial charge is 0.507 e. The number of rotatable bonds is 4. The zero-order valence-corrected chi connectivity index (χ0v) is 11.2. The highest BCUT2D eigenvalue weighted by atomic mass is 19.1. The van der Waals surface area contributed by atoms with Crippen LogP contribution in [-0.2, 0) is 13.0 Å². The lowest BCUT2D eigenvalue weighted by atomic mass is 10.1. The zero-order valence-electron chi connectivity index (χ0n) is 11.2. The minimum atomic E-state index is -0.733. The number of hydrogen-bond acceptors (Lipinski definition) is 2. The van der Waals surface area contributed by atoms with E-state index in [1.807, 2.05) is 24.3 Å². The van der Waals surface area contributed by atoms with Gasteiger partial charge in [0.15, 0.2) is 0 Å². The number of amides is 1. The van der Waals surface area contributed by atoms with Gasteiger partial charge in [-0.1, -0.05) is 37.3 Å². The van der Waals surface area contributed by atoms with Crippen molar-refractivity contribution in [3.63, 3.8) is 0 Å². The fourth-order valence-electron chi connectivity index (χ4n) is 1.90. The molecule has 0 aromatic heterocycles. The number of carbonyl (C=O) groups is 1. The average molecular weight is 273 g/mol. The van der Waals surface area contributed by atoms with Gasteiger partial charge in [0.2, 0.25) is 0 Å². The van der Waals surface area contributed by atoms with Gasteiger partial charge in [-0.15, -0.1) is 0 Å². The molecule has 2 rings (SSSR count). The molecule has 4 heteroatoms. The fraction of sp³-hybridized carbons (Fsp3) is 0.188. The van der Waals surface area contributed by atoms with Crippen LogP contribution in [0.25, 0.3) is 0 Å². The molecule has 0 aliphatic rings. The first-order valence-electron chi connectivity index (χ1n) is 6.45. The van der Waals surface area contributed by atoms with Gasteiger partial charge >= 0.3 is 0 Å². The van der Waals surface area contributed by atoms with Crippen LogP contribution < -0.4 is 5.32 Å². The molecule has 0 aliphatic carbocycles. The van der Waals surface area contributed by atoms with Crippen molar-refractivity contribution >= 4 is 5.91 Å². The topological polar surface area (TPSA) is 49.3 Å². The van der Waals surface area contributed by atoms with Gasteiger partial charge < -0.3 is 10.4 Å². The number of phenols is 1. The fourth-order valence-corrected chi connectivity index (χ4v) is 1.90. The number of aromatic hydroxyl groups is 1. The molecule has 20 heavy (non-hydrogen) atoms. The van der Waals surface area contributed by atoms with E-state index in [9.17, 15) is 14.3 Å². The Morgan fingerprint density at radius 1 is 1.15 bits per heavy atom. The van der Waals surface area contributed by atoms with Gasteiger partial charge in [0.25, 0.3) is 5.91 Å². The van der Waals surface area contributed by atoms with Crippen LogP contribution in [0.3, 0.4) is 0 Å². The average Bonchev–Trinajstić information content (AvgIpc) is 2.45. The number of nitrogens with one attached hydrogen (secondary N) is 1. The predicted molar refractivity (Wildman–Crippen MR) is 75.1 cm³/mol. The molecule has 0 fully saturated rings. The summed E-state index contributed by atoms with van der Waals surface area (Å²) in [6.45, 7) is 2.36. The van der Waals surface area contributed by atoms with E-state index in [0.29, 0.717) is 0 Å². The predicted octanol–water partition coefficient (Wildman–Crippen LogP) is 3.02. The van der Waals surface area contributed by atoms with Crippen molar-refractivity contribution < 1.29 is 14.3 Å². The minimum absolute atomic E-state index is 0.288. The Labute approximate surface area is 117 Å². The molecule has 0 aliphatic heterocycles. The molecule has 0 radical (unpaired) electrons. The number of carbonyl (C=O) groups excluding carboxylic acids is 1. The normalized spacial score (nSPS) is 10.3. The van der Waals surface area contributed by atoms with Crippen LogP contribution >= 0.6 is 0 Å². The first-order chi connectivity index (χ1) is 9.61. The number of aryl methyl sites for hydroxylation is 1. The molecule has 2 N–H and O–H groups in total. The molecule has 0 saturated heterocycles. The lowest BCUT2D eigenvalue weighted by Crippen LogP contribution is -2.23. The molecule has 0 bridgehead atoms. The van der Waals surface area contributed by atoms with Crippen LogP contribution in [0, 0.1) is 5.82 Å². The SMILES string of the molecule is CCc1ccc(CNC(=O)c2c(O)cccc2F)cc1. The van der Waals surface area contributed by atoms with Gasteiger partial charge in [-0.05, 0) is 29.7 Å². The molecule has 0 saturated carbocycles. The standard InChI is InChI=1S/C16H16FNO2/c1-2-11-6-8-12(9-7-11)10-18-16(20)15-13(17)4-3-5-14(15)19/h3-9,19H,2,10H2,1H3,(H,18,20). The first kappa shape index (κ1) is 14.1. The molecule has 2 aromatic carbocycles. The number of halogens is 1. The quantitative estimate of drug-likeness (QED) is 0.899. The van der Waals surface area contributed by atoms with Crippen molar-refractivity contribution in [3.8, 4) is 5.75 Å². The van der Waals surface area contributed by atoms with E-state index >= 15 is 0 Å². The molecule has 0 unspecified atom stereocenters.